The molecule has 182 valence electrons. The van der Waals surface area contributed by atoms with Gasteiger partial charge in [0.2, 0.25) is 5.91 Å². The van der Waals surface area contributed by atoms with Crippen LogP contribution in [0, 0.1) is 22.7 Å². The molecule has 1 unspecified atom stereocenters. The van der Waals surface area contributed by atoms with Gasteiger partial charge in [-0.25, -0.2) is 9.78 Å². The maximum atomic E-state index is 12.3. The molecule has 0 aliphatic carbocycles. The summed E-state index contributed by atoms with van der Waals surface area (Å²) in [6.45, 7) is 2.40. The summed E-state index contributed by atoms with van der Waals surface area (Å²) in [5.74, 6) is -0.208. The van der Waals surface area contributed by atoms with E-state index in [1.54, 1.807) is 24.3 Å². The van der Waals surface area contributed by atoms with Gasteiger partial charge in [0.1, 0.15) is 28.2 Å². The summed E-state index contributed by atoms with van der Waals surface area (Å²) in [7, 11) is 0. The first-order chi connectivity index (χ1) is 16.7. The molecule has 2 heterocycles. The summed E-state index contributed by atoms with van der Waals surface area (Å²) >= 11 is 1.07. The number of amides is 2. The predicted molar refractivity (Wildman–Crippen MR) is 130 cm³/mol. The average molecular weight is 495 g/mol. The van der Waals surface area contributed by atoms with Gasteiger partial charge in [0.05, 0.1) is 16.7 Å². The number of thioether (sulfide) groups is 1. The Hall–Kier alpha value is -3.80. The van der Waals surface area contributed by atoms with E-state index in [0.717, 1.165) is 11.8 Å². The zero-order chi connectivity index (χ0) is 25.6. The van der Waals surface area contributed by atoms with Gasteiger partial charge in [0.25, 0.3) is 0 Å². The number of pyridine rings is 1. The molecule has 35 heavy (non-hydrogen) atoms. The highest BCUT2D eigenvalue weighted by Crippen LogP contribution is 2.40. The lowest BCUT2D eigenvalue weighted by Crippen LogP contribution is -2.51. The third-order valence-corrected chi connectivity index (χ3v) is 7.24. The van der Waals surface area contributed by atoms with E-state index in [0.29, 0.717) is 41.5 Å². The molecule has 5 N–H and O–H groups in total. The molecule has 0 saturated carbocycles. The van der Waals surface area contributed by atoms with Gasteiger partial charge >= 0.3 is 6.09 Å². The molecule has 11 heteroatoms. The highest BCUT2D eigenvalue weighted by atomic mass is 32.2. The number of carbonyl (C=O) groups excluding carboxylic acids is 1. The van der Waals surface area contributed by atoms with Crippen LogP contribution in [0.3, 0.4) is 0 Å². The lowest BCUT2D eigenvalue weighted by Gasteiger charge is -2.39. The topological polar surface area (TPSA) is 176 Å². The number of carboxylic acid groups (broad SMARTS) is 1. The van der Waals surface area contributed by atoms with Crippen LogP contribution in [-0.4, -0.2) is 52.4 Å². The number of hydrogen-bond donors (Lipinski definition) is 4. The number of benzene rings is 1. The number of piperidine rings is 1. The van der Waals surface area contributed by atoms with Crippen LogP contribution in [0.25, 0.3) is 0 Å². The Labute approximate surface area is 207 Å². The fraction of sp³-hybridized carbons (Fsp3) is 0.375. The van der Waals surface area contributed by atoms with E-state index in [9.17, 15) is 25.2 Å². The molecule has 1 saturated heterocycles. The highest BCUT2D eigenvalue weighted by Gasteiger charge is 2.35. The zero-order valence-electron chi connectivity index (χ0n) is 19.2. The Morgan fingerprint density at radius 1 is 1.23 bits per heavy atom. The summed E-state index contributed by atoms with van der Waals surface area (Å²) in [6.07, 6.45) is -0.282. The Morgan fingerprint density at radius 3 is 2.37 bits per heavy atom. The van der Waals surface area contributed by atoms with Gasteiger partial charge < -0.3 is 26.2 Å². The largest absolute Gasteiger partial charge is 0.465 e. The first kappa shape index (κ1) is 25.8. The summed E-state index contributed by atoms with van der Waals surface area (Å²) in [4.78, 5) is 29.6. The minimum absolute atomic E-state index is 0.0965. The van der Waals surface area contributed by atoms with Crippen molar-refractivity contribution in [1.82, 2.24) is 10.3 Å². The highest BCUT2D eigenvalue weighted by molar-refractivity contribution is 8.00. The second-order valence-electron chi connectivity index (χ2n) is 8.23. The van der Waals surface area contributed by atoms with Crippen LogP contribution in [0.5, 0.6) is 0 Å². The summed E-state index contributed by atoms with van der Waals surface area (Å²) in [6, 6.07) is 13.3. The van der Waals surface area contributed by atoms with Gasteiger partial charge in [-0.05, 0) is 30.4 Å². The van der Waals surface area contributed by atoms with Gasteiger partial charge in [0.15, 0.2) is 0 Å². The number of primary amides is 1. The SMILES string of the molecule is CCc1c(C#N)c(SC(C(N)=O)c2ccccc2)nc(N2CCC(O)(CNC(=O)O)CC2)c1C#N. The van der Waals surface area contributed by atoms with Crippen LogP contribution in [0.4, 0.5) is 10.6 Å². The molecule has 0 spiro atoms. The van der Waals surface area contributed by atoms with Crippen LogP contribution in [-0.2, 0) is 11.2 Å². The number of nitriles is 2. The van der Waals surface area contributed by atoms with E-state index in [-0.39, 0.29) is 30.5 Å². The van der Waals surface area contributed by atoms with Gasteiger partial charge in [-0.3, -0.25) is 4.79 Å². The third-order valence-electron chi connectivity index (χ3n) is 5.98. The monoisotopic (exact) mass is 494 g/mol. The van der Waals surface area contributed by atoms with Crippen molar-refractivity contribution in [3.05, 3.63) is 52.6 Å². The van der Waals surface area contributed by atoms with E-state index in [1.807, 2.05) is 17.9 Å². The van der Waals surface area contributed by atoms with E-state index >= 15 is 0 Å². The van der Waals surface area contributed by atoms with Crippen molar-refractivity contribution < 1.29 is 19.8 Å². The van der Waals surface area contributed by atoms with Crippen molar-refractivity contribution in [3.8, 4) is 12.1 Å². The first-order valence-electron chi connectivity index (χ1n) is 11.0. The predicted octanol–water partition coefficient (Wildman–Crippen LogP) is 2.30. The molecule has 0 bridgehead atoms. The van der Waals surface area contributed by atoms with E-state index in [2.05, 4.69) is 22.4 Å². The average Bonchev–Trinajstić information content (AvgIpc) is 2.86. The van der Waals surface area contributed by atoms with Crippen LogP contribution >= 0.6 is 11.8 Å². The Kier molecular flexibility index (Phi) is 8.18. The molecule has 1 aliphatic rings. The standard InChI is InChI=1S/C24H26N6O4S/c1-2-16-17(12-25)21(30-10-8-24(34,9-11-30)14-28-23(32)33)29-22(18(16)13-26)35-19(20(27)31)15-6-4-3-5-7-15/h3-7,19,28,34H,2,8-11,14H2,1H3,(H2,27,31)(H,32,33). The molecule has 2 amide bonds. The molecule has 1 fully saturated rings. The number of aromatic nitrogens is 1. The number of carbonyl (C=O) groups is 2. The van der Waals surface area contributed by atoms with Crippen LogP contribution in [0.1, 0.15) is 47.3 Å². The first-order valence-corrected chi connectivity index (χ1v) is 11.9. The molecular weight excluding hydrogens is 468 g/mol. The molecule has 10 nitrogen and oxygen atoms in total. The maximum absolute atomic E-state index is 12.3. The normalized spacial score (nSPS) is 15.5. The van der Waals surface area contributed by atoms with Crippen molar-refractivity contribution in [2.45, 2.75) is 42.1 Å². The molecule has 3 rings (SSSR count). The molecule has 1 atom stereocenters. The van der Waals surface area contributed by atoms with Crippen molar-refractivity contribution in [3.63, 3.8) is 0 Å². The Bertz CT molecular complexity index is 1180. The second kappa shape index (κ2) is 11.1. The fourth-order valence-corrected chi connectivity index (χ4v) is 5.14. The lowest BCUT2D eigenvalue weighted by atomic mass is 9.91. The number of nitrogens with two attached hydrogens (primary N) is 1. The maximum Gasteiger partial charge on any atom is 0.404 e. The summed E-state index contributed by atoms with van der Waals surface area (Å²) < 4.78 is 0. The molecule has 0 radical (unpaired) electrons. The summed E-state index contributed by atoms with van der Waals surface area (Å²) in [5, 5.41) is 41.2. The zero-order valence-corrected chi connectivity index (χ0v) is 20.0. The number of nitrogens with zero attached hydrogens (tertiary/aromatic N) is 4. The van der Waals surface area contributed by atoms with E-state index in [4.69, 9.17) is 10.8 Å². The van der Waals surface area contributed by atoms with Gasteiger partial charge in [0, 0.05) is 19.6 Å². The molecular formula is C24H26N6O4S. The van der Waals surface area contributed by atoms with Crippen molar-refractivity contribution in [1.29, 1.82) is 10.5 Å². The molecule has 1 aromatic heterocycles. The second-order valence-corrected chi connectivity index (χ2v) is 9.32. The Morgan fingerprint density at radius 2 is 1.86 bits per heavy atom. The minimum Gasteiger partial charge on any atom is -0.465 e. The van der Waals surface area contributed by atoms with Crippen molar-refractivity contribution >= 4 is 29.6 Å². The number of rotatable bonds is 8. The molecule has 1 aromatic carbocycles. The lowest BCUT2D eigenvalue weighted by molar-refractivity contribution is -0.117. The third kappa shape index (κ3) is 5.83. The Balaban J connectivity index is 2.00. The number of hydrogen-bond acceptors (Lipinski definition) is 8. The van der Waals surface area contributed by atoms with Crippen molar-refractivity contribution in [2.24, 2.45) is 5.73 Å². The smallest absolute Gasteiger partial charge is 0.404 e. The fourth-order valence-electron chi connectivity index (χ4n) is 4.08. The minimum atomic E-state index is -1.21. The summed E-state index contributed by atoms with van der Waals surface area (Å²) in [5.41, 5.74) is 6.20. The number of aliphatic hydroxyl groups is 1. The quantitative estimate of drug-likeness (QED) is 0.401. The van der Waals surface area contributed by atoms with Crippen molar-refractivity contribution in [2.75, 3.05) is 24.5 Å². The van der Waals surface area contributed by atoms with E-state index < -0.39 is 22.9 Å². The molecule has 2 aromatic rings. The van der Waals surface area contributed by atoms with Crippen LogP contribution in [0.15, 0.2) is 35.4 Å². The van der Waals surface area contributed by atoms with Crippen LogP contribution < -0.4 is 16.0 Å². The number of nitrogens with one attached hydrogen (secondary N) is 1. The van der Waals surface area contributed by atoms with E-state index in [1.165, 1.54) is 0 Å². The van der Waals surface area contributed by atoms with Gasteiger partial charge in [-0.1, -0.05) is 49.0 Å². The van der Waals surface area contributed by atoms with Gasteiger partial charge in [-0.15, -0.1) is 0 Å². The number of anilines is 1. The van der Waals surface area contributed by atoms with Gasteiger partial charge in [-0.2, -0.15) is 10.5 Å². The molecule has 1 aliphatic heterocycles. The van der Waals surface area contributed by atoms with Crippen LogP contribution in [0.2, 0.25) is 0 Å².